The van der Waals surface area contributed by atoms with Crippen molar-refractivity contribution in [2.75, 3.05) is 13.7 Å². The zero-order valence-electron chi connectivity index (χ0n) is 11.7. The Kier molecular flexibility index (Phi) is 5.63. The maximum absolute atomic E-state index is 5.87. The molecule has 0 amide bonds. The minimum atomic E-state index is -0.0954. The normalized spacial score (nSPS) is 13.9. The molecule has 0 bridgehead atoms. The summed E-state index contributed by atoms with van der Waals surface area (Å²) in [4.78, 5) is 1.39. The monoisotopic (exact) mass is 255 g/mol. The Bertz CT molecular complexity index is 322. The van der Waals surface area contributed by atoms with Gasteiger partial charge in [-0.25, -0.2) is 0 Å². The molecule has 1 rings (SSSR count). The van der Waals surface area contributed by atoms with Gasteiger partial charge in [0.25, 0.3) is 0 Å². The lowest BCUT2D eigenvalue weighted by atomic mass is 9.84. The number of aryl methyl sites for hydroxylation is 1. The first kappa shape index (κ1) is 14.7. The number of hydrogen-bond donors (Lipinski definition) is 1. The first-order valence-corrected chi connectivity index (χ1v) is 7.35. The summed E-state index contributed by atoms with van der Waals surface area (Å²) in [6.45, 7) is 9.72. The van der Waals surface area contributed by atoms with E-state index in [0.717, 1.165) is 19.4 Å². The summed E-state index contributed by atoms with van der Waals surface area (Å²) in [7, 11) is 1.83. The summed E-state index contributed by atoms with van der Waals surface area (Å²) >= 11 is 1.81. The third-order valence-electron chi connectivity index (χ3n) is 3.75. The number of likely N-dealkylation sites (N-methyl/N-ethyl adjacent to an activating group) is 1. The average molecular weight is 255 g/mol. The number of ether oxygens (including phenoxy) is 1. The molecule has 1 aromatic rings. The molecular weight excluding hydrogens is 230 g/mol. The van der Waals surface area contributed by atoms with Crippen molar-refractivity contribution in [3.05, 3.63) is 21.9 Å². The van der Waals surface area contributed by atoms with Gasteiger partial charge in [-0.05, 0) is 43.3 Å². The number of nitrogens with one attached hydrogen (secondary N) is 1. The Balaban J connectivity index is 3.11. The topological polar surface area (TPSA) is 21.3 Å². The molecule has 0 fully saturated rings. The van der Waals surface area contributed by atoms with E-state index >= 15 is 0 Å². The lowest BCUT2D eigenvalue weighted by Crippen LogP contribution is -2.45. The molecule has 2 nitrogen and oxygen atoms in total. The second kappa shape index (κ2) is 6.53. The van der Waals surface area contributed by atoms with Gasteiger partial charge >= 0.3 is 0 Å². The van der Waals surface area contributed by atoms with Crippen LogP contribution in [-0.2, 0) is 4.74 Å². The molecule has 0 saturated heterocycles. The van der Waals surface area contributed by atoms with Crippen LogP contribution in [0.15, 0.2) is 11.4 Å². The molecule has 0 aliphatic heterocycles. The Labute approximate surface area is 109 Å². The first-order chi connectivity index (χ1) is 8.15. The minimum absolute atomic E-state index is 0.0954. The van der Waals surface area contributed by atoms with Crippen LogP contribution in [0, 0.1) is 6.92 Å². The Morgan fingerprint density at radius 1 is 1.35 bits per heavy atom. The standard InChI is InChI=1S/C14H25NOS/c1-6-14(7-2,16-5)13(15-8-3)12-9-10-17-11(12)4/h9-10,13,15H,6-8H2,1-5H3. The van der Waals surface area contributed by atoms with E-state index in [-0.39, 0.29) is 5.60 Å². The van der Waals surface area contributed by atoms with E-state index in [0.29, 0.717) is 6.04 Å². The van der Waals surface area contributed by atoms with Crippen molar-refractivity contribution in [1.29, 1.82) is 0 Å². The van der Waals surface area contributed by atoms with Crippen molar-refractivity contribution < 1.29 is 4.74 Å². The van der Waals surface area contributed by atoms with Gasteiger partial charge in [0.05, 0.1) is 11.6 Å². The van der Waals surface area contributed by atoms with Gasteiger partial charge in [-0.15, -0.1) is 11.3 Å². The van der Waals surface area contributed by atoms with Gasteiger partial charge in [-0.3, -0.25) is 0 Å². The van der Waals surface area contributed by atoms with Crippen LogP contribution >= 0.6 is 11.3 Å². The molecule has 1 N–H and O–H groups in total. The number of methoxy groups -OCH3 is 1. The lowest BCUT2D eigenvalue weighted by Gasteiger charge is -2.39. The van der Waals surface area contributed by atoms with Crippen molar-refractivity contribution in [2.45, 2.75) is 52.2 Å². The average Bonchev–Trinajstić information content (AvgIpc) is 2.77. The fourth-order valence-electron chi connectivity index (χ4n) is 2.54. The van der Waals surface area contributed by atoms with Gasteiger partial charge in [0.2, 0.25) is 0 Å². The van der Waals surface area contributed by atoms with Crippen LogP contribution in [0.3, 0.4) is 0 Å². The molecule has 0 radical (unpaired) electrons. The van der Waals surface area contributed by atoms with E-state index in [9.17, 15) is 0 Å². The van der Waals surface area contributed by atoms with Crippen LogP contribution in [-0.4, -0.2) is 19.3 Å². The van der Waals surface area contributed by atoms with Gasteiger partial charge < -0.3 is 10.1 Å². The fraction of sp³-hybridized carbons (Fsp3) is 0.714. The quantitative estimate of drug-likeness (QED) is 0.797. The fourth-order valence-corrected chi connectivity index (χ4v) is 3.28. The summed E-state index contributed by atoms with van der Waals surface area (Å²) < 4.78 is 5.87. The highest BCUT2D eigenvalue weighted by molar-refractivity contribution is 7.10. The van der Waals surface area contributed by atoms with E-state index in [2.05, 4.69) is 44.5 Å². The van der Waals surface area contributed by atoms with Crippen LogP contribution in [0.2, 0.25) is 0 Å². The van der Waals surface area contributed by atoms with Gasteiger partial charge in [-0.1, -0.05) is 20.8 Å². The van der Waals surface area contributed by atoms with Crippen LogP contribution in [0.25, 0.3) is 0 Å². The zero-order chi connectivity index (χ0) is 12.9. The van der Waals surface area contributed by atoms with Crippen LogP contribution in [0.4, 0.5) is 0 Å². The molecule has 0 aromatic carbocycles. The SMILES string of the molecule is CCNC(c1ccsc1C)C(CC)(CC)OC. The molecule has 17 heavy (non-hydrogen) atoms. The molecule has 0 spiro atoms. The number of rotatable bonds is 7. The molecular formula is C14H25NOS. The largest absolute Gasteiger partial charge is 0.376 e. The summed E-state index contributed by atoms with van der Waals surface area (Å²) in [5, 5.41) is 5.77. The van der Waals surface area contributed by atoms with Crippen molar-refractivity contribution in [2.24, 2.45) is 0 Å². The third-order valence-corrected chi connectivity index (χ3v) is 4.61. The summed E-state index contributed by atoms with van der Waals surface area (Å²) in [5.74, 6) is 0. The highest BCUT2D eigenvalue weighted by atomic mass is 32.1. The lowest BCUT2D eigenvalue weighted by molar-refractivity contribution is -0.0482. The van der Waals surface area contributed by atoms with Crippen molar-refractivity contribution in [1.82, 2.24) is 5.32 Å². The summed E-state index contributed by atoms with van der Waals surface area (Å²) in [5.41, 5.74) is 1.30. The van der Waals surface area contributed by atoms with Gasteiger partial charge in [-0.2, -0.15) is 0 Å². The van der Waals surface area contributed by atoms with Crippen molar-refractivity contribution in [3.8, 4) is 0 Å². The van der Waals surface area contributed by atoms with E-state index < -0.39 is 0 Å². The Hall–Kier alpha value is -0.380. The van der Waals surface area contributed by atoms with E-state index in [1.165, 1.54) is 10.4 Å². The van der Waals surface area contributed by atoms with Crippen molar-refractivity contribution in [3.63, 3.8) is 0 Å². The van der Waals surface area contributed by atoms with Crippen LogP contribution < -0.4 is 5.32 Å². The van der Waals surface area contributed by atoms with E-state index in [1.807, 2.05) is 18.4 Å². The molecule has 0 saturated carbocycles. The molecule has 98 valence electrons. The second-order valence-corrected chi connectivity index (χ2v) is 5.52. The molecule has 0 aliphatic carbocycles. The molecule has 0 aliphatic rings. The Morgan fingerprint density at radius 3 is 2.35 bits per heavy atom. The highest BCUT2D eigenvalue weighted by Crippen LogP contribution is 2.37. The van der Waals surface area contributed by atoms with E-state index in [1.54, 1.807) is 0 Å². The van der Waals surface area contributed by atoms with Gasteiger partial charge in [0.15, 0.2) is 0 Å². The second-order valence-electron chi connectivity index (χ2n) is 4.40. The predicted molar refractivity (Wildman–Crippen MR) is 75.8 cm³/mol. The summed E-state index contributed by atoms with van der Waals surface area (Å²) in [6, 6.07) is 2.52. The smallest absolute Gasteiger partial charge is 0.0867 e. The molecule has 1 unspecified atom stereocenters. The van der Waals surface area contributed by atoms with E-state index in [4.69, 9.17) is 4.74 Å². The predicted octanol–water partition coefficient (Wildman–Crippen LogP) is 3.91. The van der Waals surface area contributed by atoms with Crippen molar-refractivity contribution >= 4 is 11.3 Å². The highest BCUT2D eigenvalue weighted by Gasteiger charge is 2.37. The van der Waals surface area contributed by atoms with Crippen LogP contribution in [0.1, 0.15) is 50.1 Å². The molecule has 1 heterocycles. The number of thiophene rings is 1. The minimum Gasteiger partial charge on any atom is -0.376 e. The Morgan fingerprint density at radius 2 is 2.00 bits per heavy atom. The molecule has 3 heteroatoms. The molecule has 1 aromatic heterocycles. The van der Waals surface area contributed by atoms with Crippen LogP contribution in [0.5, 0.6) is 0 Å². The number of hydrogen-bond acceptors (Lipinski definition) is 3. The maximum Gasteiger partial charge on any atom is 0.0867 e. The molecule has 1 atom stereocenters. The maximum atomic E-state index is 5.87. The summed E-state index contributed by atoms with van der Waals surface area (Å²) in [6.07, 6.45) is 2.04. The zero-order valence-corrected chi connectivity index (χ0v) is 12.5. The van der Waals surface area contributed by atoms with Gasteiger partial charge in [0, 0.05) is 12.0 Å². The third kappa shape index (κ3) is 2.90. The van der Waals surface area contributed by atoms with Gasteiger partial charge in [0.1, 0.15) is 0 Å². The first-order valence-electron chi connectivity index (χ1n) is 6.47.